The lowest BCUT2D eigenvalue weighted by molar-refractivity contribution is -0.143. The Bertz CT molecular complexity index is 1560. The van der Waals surface area contributed by atoms with Crippen molar-refractivity contribution in [2.24, 2.45) is 0 Å². The van der Waals surface area contributed by atoms with Crippen molar-refractivity contribution in [1.82, 2.24) is 19.9 Å². The molecule has 0 N–H and O–H groups in total. The van der Waals surface area contributed by atoms with Gasteiger partial charge in [0.1, 0.15) is 6.10 Å². The van der Waals surface area contributed by atoms with E-state index in [1.807, 2.05) is 11.0 Å². The number of nitrogens with zero attached hydrogens (tertiary/aromatic N) is 5. The second-order valence-corrected chi connectivity index (χ2v) is 11.2. The molecule has 0 bridgehead atoms. The average molecular weight is 638 g/mol. The van der Waals surface area contributed by atoms with Crippen LogP contribution in [0.4, 0.5) is 37.1 Å². The van der Waals surface area contributed by atoms with E-state index < -0.39 is 47.3 Å². The van der Waals surface area contributed by atoms with Crippen LogP contribution in [0.25, 0.3) is 11.1 Å². The van der Waals surface area contributed by atoms with Gasteiger partial charge in [0.2, 0.25) is 11.8 Å². The van der Waals surface area contributed by atoms with Crippen LogP contribution >= 0.6 is 0 Å². The molecule has 1 amide bonds. The lowest BCUT2D eigenvalue weighted by Crippen LogP contribution is -2.38. The predicted octanol–water partition coefficient (Wildman–Crippen LogP) is 6.38. The van der Waals surface area contributed by atoms with Crippen molar-refractivity contribution in [3.8, 4) is 17.0 Å². The monoisotopic (exact) mass is 637 g/mol. The van der Waals surface area contributed by atoms with Crippen LogP contribution in [0.1, 0.15) is 59.7 Å². The molecule has 2 aromatic heterocycles. The Morgan fingerprint density at radius 2 is 1.58 bits per heavy atom. The quantitative estimate of drug-likeness (QED) is 0.276. The van der Waals surface area contributed by atoms with Crippen molar-refractivity contribution in [1.29, 1.82) is 0 Å². The van der Waals surface area contributed by atoms with Crippen LogP contribution in [0.3, 0.4) is 0 Å². The van der Waals surface area contributed by atoms with Crippen LogP contribution in [0.5, 0.6) is 5.88 Å². The van der Waals surface area contributed by atoms with E-state index in [-0.39, 0.29) is 12.6 Å². The van der Waals surface area contributed by atoms with Crippen LogP contribution < -0.4 is 9.64 Å². The Kier molecular flexibility index (Phi) is 8.00. The van der Waals surface area contributed by atoms with Gasteiger partial charge in [-0.25, -0.2) is 19.7 Å². The number of hydrogen-bond donors (Lipinski definition) is 0. The number of alkyl halides is 6. The summed E-state index contributed by atoms with van der Waals surface area (Å²) in [7, 11) is 1.47. The van der Waals surface area contributed by atoms with E-state index in [4.69, 9.17) is 19.2 Å². The standard InChI is InChI=1S/C30H29F6N5O4/c1-16-25(18-9-20(29(31,32)33)12-21(10-18)30(34,35)36)45-28(42)41(16)15-24-23(14-38-27(39-24)40-5-7-44-8-6-40)22-11-19(17-3-4-17)13-37-26(22)43-2/h9-14,16-17,25H,3-8,15H2,1-2H3. The fraction of sp³-hybridized carbons (Fsp3) is 0.467. The molecular formula is C30H29F6N5O4. The largest absolute Gasteiger partial charge is 0.481 e. The zero-order valence-electron chi connectivity index (χ0n) is 24.3. The lowest BCUT2D eigenvalue weighted by Gasteiger charge is -2.28. The van der Waals surface area contributed by atoms with Gasteiger partial charge in [-0.1, -0.05) is 0 Å². The summed E-state index contributed by atoms with van der Waals surface area (Å²) in [6, 6.07) is 2.20. The molecule has 2 saturated heterocycles. The maximum absolute atomic E-state index is 13.6. The Morgan fingerprint density at radius 1 is 0.911 bits per heavy atom. The first-order chi connectivity index (χ1) is 21.3. The number of amides is 1. The summed E-state index contributed by atoms with van der Waals surface area (Å²) in [6.07, 6.45) is -7.00. The highest BCUT2D eigenvalue weighted by atomic mass is 19.4. The van der Waals surface area contributed by atoms with Crippen LogP contribution in [-0.4, -0.2) is 65.4 Å². The predicted molar refractivity (Wildman–Crippen MR) is 147 cm³/mol. The molecule has 2 aliphatic heterocycles. The zero-order chi connectivity index (χ0) is 32.1. The van der Waals surface area contributed by atoms with Gasteiger partial charge >= 0.3 is 18.4 Å². The molecule has 45 heavy (non-hydrogen) atoms. The molecule has 1 aromatic carbocycles. The summed E-state index contributed by atoms with van der Waals surface area (Å²) in [5.74, 6) is 1.05. The third-order valence-electron chi connectivity index (χ3n) is 8.20. The number of carbonyl (C=O) groups is 1. The van der Waals surface area contributed by atoms with Gasteiger partial charge in [-0.15, -0.1) is 0 Å². The Labute approximate surface area is 254 Å². The van der Waals surface area contributed by atoms with Crippen molar-refractivity contribution in [3.63, 3.8) is 0 Å². The number of pyridine rings is 1. The molecule has 9 nitrogen and oxygen atoms in total. The minimum absolute atomic E-state index is 0.0419. The van der Waals surface area contributed by atoms with Crippen molar-refractivity contribution in [3.05, 3.63) is 64.6 Å². The summed E-state index contributed by atoms with van der Waals surface area (Å²) < 4.78 is 97.8. The van der Waals surface area contributed by atoms with E-state index in [9.17, 15) is 31.1 Å². The molecule has 6 rings (SSSR count). The molecule has 2 unspecified atom stereocenters. The molecule has 3 aromatic rings. The molecule has 4 heterocycles. The average Bonchev–Trinajstić information content (AvgIpc) is 3.83. The van der Waals surface area contributed by atoms with Crippen molar-refractivity contribution >= 4 is 12.0 Å². The number of cyclic esters (lactones) is 1. The number of morpholine rings is 1. The number of aromatic nitrogens is 3. The first kappa shape index (κ1) is 30.9. The van der Waals surface area contributed by atoms with E-state index in [0.29, 0.717) is 73.0 Å². The van der Waals surface area contributed by atoms with Gasteiger partial charge in [0, 0.05) is 36.6 Å². The summed E-state index contributed by atoms with van der Waals surface area (Å²) in [5.41, 5.74) is -0.900. The molecule has 3 fully saturated rings. The van der Waals surface area contributed by atoms with Gasteiger partial charge in [0.05, 0.1) is 49.7 Å². The molecule has 0 radical (unpaired) electrons. The fourth-order valence-electron chi connectivity index (χ4n) is 5.60. The van der Waals surface area contributed by atoms with Crippen molar-refractivity contribution < 1.29 is 45.3 Å². The molecular weight excluding hydrogens is 608 g/mol. The molecule has 2 atom stereocenters. The van der Waals surface area contributed by atoms with Crippen LogP contribution in [0, 0.1) is 0 Å². The second-order valence-electron chi connectivity index (χ2n) is 11.2. The van der Waals surface area contributed by atoms with E-state index in [0.717, 1.165) is 18.4 Å². The van der Waals surface area contributed by atoms with E-state index in [1.54, 1.807) is 12.4 Å². The summed E-state index contributed by atoms with van der Waals surface area (Å²) in [4.78, 5) is 30.2. The van der Waals surface area contributed by atoms with E-state index >= 15 is 0 Å². The Hall–Kier alpha value is -4.14. The van der Waals surface area contributed by atoms with Gasteiger partial charge in [0.15, 0.2) is 0 Å². The maximum Gasteiger partial charge on any atom is 0.416 e. The zero-order valence-corrected chi connectivity index (χ0v) is 24.3. The molecule has 240 valence electrons. The Morgan fingerprint density at radius 3 is 2.18 bits per heavy atom. The number of methoxy groups -OCH3 is 1. The van der Waals surface area contributed by atoms with Crippen LogP contribution in [-0.2, 0) is 28.4 Å². The fourth-order valence-corrected chi connectivity index (χ4v) is 5.60. The molecule has 1 aliphatic carbocycles. The third-order valence-corrected chi connectivity index (χ3v) is 8.20. The third kappa shape index (κ3) is 6.35. The highest BCUT2D eigenvalue weighted by molar-refractivity contribution is 5.74. The highest BCUT2D eigenvalue weighted by Gasteiger charge is 2.44. The summed E-state index contributed by atoms with van der Waals surface area (Å²) >= 11 is 0. The Balaban J connectivity index is 1.38. The van der Waals surface area contributed by atoms with Gasteiger partial charge in [-0.3, -0.25) is 4.90 Å². The van der Waals surface area contributed by atoms with Crippen LogP contribution in [0.2, 0.25) is 0 Å². The number of rotatable bonds is 7. The molecule has 1 saturated carbocycles. The molecule has 3 aliphatic rings. The second kappa shape index (κ2) is 11.7. The SMILES string of the molecule is COc1ncc(C2CC2)cc1-c1cnc(N2CCOCC2)nc1CN1C(=O)OC(c2cc(C(F)(F)F)cc(C(F)(F)F)c2)C1C. The first-order valence-corrected chi connectivity index (χ1v) is 14.3. The van der Waals surface area contributed by atoms with E-state index in [2.05, 4.69) is 9.97 Å². The molecule has 15 heteroatoms. The topological polar surface area (TPSA) is 89.9 Å². The van der Waals surface area contributed by atoms with Crippen molar-refractivity contribution in [2.45, 2.75) is 56.7 Å². The van der Waals surface area contributed by atoms with Gasteiger partial charge in [-0.2, -0.15) is 26.3 Å². The smallest absolute Gasteiger partial charge is 0.416 e. The normalized spacial score (nSPS) is 20.8. The van der Waals surface area contributed by atoms with Crippen molar-refractivity contribution in [2.75, 3.05) is 38.3 Å². The first-order valence-electron chi connectivity index (χ1n) is 14.3. The summed E-state index contributed by atoms with van der Waals surface area (Å²) in [6.45, 7) is 3.33. The van der Waals surface area contributed by atoms with Gasteiger partial charge in [0.25, 0.3) is 0 Å². The number of halogens is 6. The molecule has 0 spiro atoms. The van der Waals surface area contributed by atoms with Crippen LogP contribution in [0.15, 0.2) is 36.7 Å². The number of anilines is 1. The lowest BCUT2D eigenvalue weighted by atomic mass is 9.97. The summed E-state index contributed by atoms with van der Waals surface area (Å²) in [5, 5.41) is 0. The van der Waals surface area contributed by atoms with E-state index in [1.165, 1.54) is 18.9 Å². The number of ether oxygens (including phenoxy) is 3. The maximum atomic E-state index is 13.6. The minimum Gasteiger partial charge on any atom is -0.481 e. The van der Waals surface area contributed by atoms with Gasteiger partial charge < -0.3 is 19.1 Å². The number of benzene rings is 1. The minimum atomic E-state index is -5.05. The number of carbonyl (C=O) groups excluding carboxylic acids is 1. The highest BCUT2D eigenvalue weighted by Crippen LogP contribution is 2.44. The van der Waals surface area contributed by atoms with Gasteiger partial charge in [-0.05, 0) is 61.1 Å². The number of hydrogen-bond acceptors (Lipinski definition) is 8.